The van der Waals surface area contributed by atoms with Gasteiger partial charge < -0.3 is 10.1 Å². The molecule has 2 rings (SSSR count). The molecule has 170 valence electrons. The maximum Gasteiger partial charge on any atom is 0.232 e. The molecule has 0 aliphatic rings. The Morgan fingerprint density at radius 3 is 2.29 bits per heavy atom. The van der Waals surface area contributed by atoms with Gasteiger partial charge >= 0.3 is 0 Å². The van der Waals surface area contributed by atoms with Crippen LogP contribution in [0.2, 0.25) is 5.02 Å². The Hall–Kier alpha value is -2.25. The number of halogens is 1. The van der Waals surface area contributed by atoms with Crippen molar-refractivity contribution in [2.24, 2.45) is 0 Å². The topological polar surface area (TPSA) is 75.7 Å². The van der Waals surface area contributed by atoms with Crippen molar-refractivity contribution in [3.63, 3.8) is 0 Å². The van der Waals surface area contributed by atoms with E-state index in [1.54, 1.807) is 12.1 Å². The number of benzene rings is 2. The number of hydrogen-bond donors (Lipinski definition) is 1. The molecule has 0 spiro atoms. The van der Waals surface area contributed by atoms with E-state index < -0.39 is 10.0 Å². The molecule has 1 N–H and O–H groups in total. The summed E-state index contributed by atoms with van der Waals surface area (Å²) in [7, 11) is -3.47. The van der Waals surface area contributed by atoms with E-state index in [2.05, 4.69) is 5.32 Å². The van der Waals surface area contributed by atoms with E-state index in [0.29, 0.717) is 30.3 Å². The van der Waals surface area contributed by atoms with Crippen LogP contribution < -0.4 is 14.4 Å². The summed E-state index contributed by atoms with van der Waals surface area (Å²) in [6.45, 7) is 4.92. The van der Waals surface area contributed by atoms with Crippen LogP contribution in [0.1, 0.15) is 37.8 Å². The first-order chi connectivity index (χ1) is 14.8. The molecule has 2 aromatic carbocycles. The fourth-order valence-corrected chi connectivity index (χ4v) is 4.58. The summed E-state index contributed by atoms with van der Waals surface area (Å²) in [5, 5.41) is 3.32. The van der Waals surface area contributed by atoms with Crippen LogP contribution >= 0.6 is 11.6 Å². The first kappa shape index (κ1) is 25.0. The third kappa shape index (κ3) is 7.43. The number of carbonyl (C=O) groups is 1. The molecule has 0 radical (unpaired) electrons. The SMILES string of the molecule is CCc1cccc(CC)c1N(CCCC(=O)NCCOc1ccccc1Cl)S(C)(=O)=O. The zero-order valence-electron chi connectivity index (χ0n) is 18.4. The van der Waals surface area contributed by atoms with Crippen molar-refractivity contribution >= 4 is 33.2 Å². The van der Waals surface area contributed by atoms with Crippen LogP contribution in [0.15, 0.2) is 42.5 Å². The highest BCUT2D eigenvalue weighted by Crippen LogP contribution is 2.29. The van der Waals surface area contributed by atoms with E-state index in [9.17, 15) is 13.2 Å². The molecule has 0 aliphatic carbocycles. The molecule has 0 atom stereocenters. The van der Waals surface area contributed by atoms with Gasteiger partial charge in [-0.3, -0.25) is 9.10 Å². The Morgan fingerprint density at radius 1 is 1.06 bits per heavy atom. The van der Waals surface area contributed by atoms with Gasteiger partial charge in [0, 0.05) is 13.0 Å². The predicted octanol–water partition coefficient (Wildman–Crippen LogP) is 4.21. The molecule has 31 heavy (non-hydrogen) atoms. The summed E-state index contributed by atoms with van der Waals surface area (Å²) in [4.78, 5) is 12.2. The molecule has 8 heteroatoms. The molecule has 0 saturated carbocycles. The Morgan fingerprint density at radius 2 is 1.71 bits per heavy atom. The van der Waals surface area contributed by atoms with E-state index in [0.717, 1.165) is 29.7 Å². The fourth-order valence-electron chi connectivity index (χ4n) is 3.36. The van der Waals surface area contributed by atoms with Gasteiger partial charge in [0.25, 0.3) is 0 Å². The van der Waals surface area contributed by atoms with Crippen molar-refractivity contribution < 1.29 is 17.9 Å². The lowest BCUT2D eigenvalue weighted by atomic mass is 10.0. The smallest absolute Gasteiger partial charge is 0.232 e. The molecule has 1 amide bonds. The minimum atomic E-state index is -3.47. The lowest BCUT2D eigenvalue weighted by Crippen LogP contribution is -2.34. The minimum absolute atomic E-state index is 0.143. The Kier molecular flexibility index (Phi) is 9.65. The average Bonchev–Trinajstić information content (AvgIpc) is 2.74. The monoisotopic (exact) mass is 466 g/mol. The van der Waals surface area contributed by atoms with Gasteiger partial charge in [0.2, 0.25) is 15.9 Å². The quantitative estimate of drug-likeness (QED) is 0.475. The van der Waals surface area contributed by atoms with Gasteiger partial charge in [-0.1, -0.05) is 55.8 Å². The van der Waals surface area contributed by atoms with Crippen molar-refractivity contribution in [1.29, 1.82) is 0 Å². The van der Waals surface area contributed by atoms with Gasteiger partial charge in [0.15, 0.2) is 0 Å². The maximum atomic E-state index is 12.5. The van der Waals surface area contributed by atoms with Crippen molar-refractivity contribution in [2.75, 3.05) is 30.3 Å². The van der Waals surface area contributed by atoms with E-state index in [4.69, 9.17) is 16.3 Å². The summed E-state index contributed by atoms with van der Waals surface area (Å²) in [5.41, 5.74) is 2.74. The van der Waals surface area contributed by atoms with Crippen LogP contribution in [0.5, 0.6) is 5.75 Å². The number of sulfonamides is 1. The van der Waals surface area contributed by atoms with Crippen LogP contribution in [0, 0.1) is 0 Å². The largest absolute Gasteiger partial charge is 0.490 e. The van der Waals surface area contributed by atoms with E-state index in [-0.39, 0.29) is 18.9 Å². The summed E-state index contributed by atoms with van der Waals surface area (Å²) in [5.74, 6) is 0.430. The predicted molar refractivity (Wildman–Crippen MR) is 127 cm³/mol. The molecular formula is C23H31ClN2O4S. The van der Waals surface area contributed by atoms with E-state index in [1.165, 1.54) is 10.6 Å². The van der Waals surface area contributed by atoms with Crippen molar-refractivity contribution in [2.45, 2.75) is 39.5 Å². The molecular weight excluding hydrogens is 436 g/mol. The normalized spacial score (nSPS) is 11.2. The second kappa shape index (κ2) is 12.0. The zero-order chi connectivity index (χ0) is 22.9. The minimum Gasteiger partial charge on any atom is -0.490 e. The first-order valence-corrected chi connectivity index (χ1v) is 12.7. The molecule has 0 aromatic heterocycles. The number of para-hydroxylation sites is 2. The van der Waals surface area contributed by atoms with Crippen molar-refractivity contribution in [1.82, 2.24) is 5.32 Å². The van der Waals surface area contributed by atoms with Crippen LogP contribution in [-0.4, -0.2) is 40.3 Å². The number of nitrogens with zero attached hydrogens (tertiary/aromatic N) is 1. The molecule has 0 fully saturated rings. The number of carbonyl (C=O) groups excluding carboxylic acids is 1. The Balaban J connectivity index is 1.90. The van der Waals surface area contributed by atoms with Gasteiger partial charge in [0.05, 0.1) is 23.5 Å². The highest BCUT2D eigenvalue weighted by molar-refractivity contribution is 7.92. The van der Waals surface area contributed by atoms with Gasteiger partial charge in [-0.05, 0) is 42.5 Å². The van der Waals surface area contributed by atoms with Gasteiger partial charge in [-0.2, -0.15) is 0 Å². The lowest BCUT2D eigenvalue weighted by Gasteiger charge is -2.27. The Bertz CT molecular complexity index is 957. The average molecular weight is 467 g/mol. The first-order valence-electron chi connectivity index (χ1n) is 10.5. The molecule has 0 heterocycles. The number of ether oxygens (including phenoxy) is 1. The summed E-state index contributed by atoms with van der Waals surface area (Å²) in [6, 6.07) is 13.0. The lowest BCUT2D eigenvalue weighted by molar-refractivity contribution is -0.121. The summed E-state index contributed by atoms with van der Waals surface area (Å²) in [6.07, 6.45) is 3.34. The molecule has 2 aromatic rings. The molecule has 6 nitrogen and oxygen atoms in total. The Labute approximate surface area is 190 Å². The molecule has 0 unspecified atom stereocenters. The third-order valence-corrected chi connectivity index (χ3v) is 6.38. The number of amides is 1. The molecule has 0 aliphatic heterocycles. The van der Waals surface area contributed by atoms with Gasteiger partial charge in [-0.15, -0.1) is 0 Å². The van der Waals surface area contributed by atoms with Crippen molar-refractivity contribution in [3.8, 4) is 5.75 Å². The number of hydrogen-bond acceptors (Lipinski definition) is 4. The number of nitrogens with one attached hydrogen (secondary N) is 1. The van der Waals surface area contributed by atoms with Crippen LogP contribution in [0.25, 0.3) is 0 Å². The molecule has 0 saturated heterocycles. The van der Waals surface area contributed by atoms with E-state index in [1.807, 2.05) is 44.2 Å². The van der Waals surface area contributed by atoms with E-state index >= 15 is 0 Å². The van der Waals surface area contributed by atoms with Gasteiger partial charge in [0.1, 0.15) is 12.4 Å². The second-order valence-corrected chi connectivity index (χ2v) is 9.51. The standard InChI is InChI=1S/C23H31ClN2O4S/c1-4-18-10-8-11-19(5-2)23(18)26(31(3,28)29)16-9-14-22(27)25-15-17-30-21-13-7-6-12-20(21)24/h6-8,10-13H,4-5,9,14-17H2,1-3H3,(H,25,27). The summed E-state index contributed by atoms with van der Waals surface area (Å²) < 4.78 is 32.0. The van der Waals surface area contributed by atoms with Crippen LogP contribution in [0.4, 0.5) is 5.69 Å². The second-order valence-electron chi connectivity index (χ2n) is 7.20. The zero-order valence-corrected chi connectivity index (χ0v) is 19.9. The highest BCUT2D eigenvalue weighted by atomic mass is 35.5. The maximum absolute atomic E-state index is 12.5. The van der Waals surface area contributed by atoms with Crippen LogP contribution in [0.3, 0.4) is 0 Å². The number of rotatable bonds is 12. The fraction of sp³-hybridized carbons (Fsp3) is 0.435. The number of aryl methyl sites for hydroxylation is 2. The summed E-state index contributed by atoms with van der Waals surface area (Å²) >= 11 is 6.03. The van der Waals surface area contributed by atoms with Gasteiger partial charge in [-0.25, -0.2) is 8.42 Å². The molecule has 0 bridgehead atoms. The third-order valence-electron chi connectivity index (χ3n) is 4.90. The highest BCUT2D eigenvalue weighted by Gasteiger charge is 2.22. The van der Waals surface area contributed by atoms with Crippen LogP contribution in [-0.2, 0) is 27.7 Å². The number of anilines is 1. The van der Waals surface area contributed by atoms with Crippen molar-refractivity contribution in [3.05, 3.63) is 58.6 Å².